The smallest absolute Gasteiger partial charge is 0.317 e. The van der Waals surface area contributed by atoms with Crippen molar-refractivity contribution in [2.24, 2.45) is 5.92 Å². The second-order valence-corrected chi connectivity index (χ2v) is 6.94. The summed E-state index contributed by atoms with van der Waals surface area (Å²) in [4.78, 5) is 28.4. The maximum absolute atomic E-state index is 13.5. The van der Waals surface area contributed by atoms with Gasteiger partial charge in [0.1, 0.15) is 5.82 Å². The van der Waals surface area contributed by atoms with E-state index in [0.717, 1.165) is 12.8 Å². The van der Waals surface area contributed by atoms with Crippen molar-refractivity contribution in [3.8, 4) is 0 Å². The second kappa shape index (κ2) is 8.49. The Morgan fingerprint density at radius 3 is 2.85 bits per heavy atom. The van der Waals surface area contributed by atoms with Gasteiger partial charge in [-0.2, -0.15) is 0 Å². The van der Waals surface area contributed by atoms with Crippen molar-refractivity contribution in [1.82, 2.24) is 15.1 Å². The van der Waals surface area contributed by atoms with E-state index >= 15 is 0 Å². The molecule has 1 aliphatic carbocycles. The van der Waals surface area contributed by atoms with Crippen molar-refractivity contribution in [3.05, 3.63) is 35.6 Å². The summed E-state index contributed by atoms with van der Waals surface area (Å²) < 4.78 is 19.3. The molecular weight excluding hydrogens is 337 g/mol. The summed E-state index contributed by atoms with van der Waals surface area (Å²) in [5.41, 5.74) is 0.349. The fourth-order valence-electron chi connectivity index (χ4n) is 3.18. The Kier molecular flexibility index (Phi) is 6.08. The van der Waals surface area contributed by atoms with Gasteiger partial charge in [0.25, 0.3) is 5.91 Å². The molecule has 142 valence electrons. The Balaban J connectivity index is 1.66. The Hall–Kier alpha value is -2.15. The standard InChI is InChI=1S/C19H26FN3O3/c1-2-21-19(25)22-8-9-26-17(12-22)13-23(11-14-6-7-14)18(24)15-4-3-5-16(20)10-15/h3-5,10,14,17H,2,6-9,11-13H2,1H3,(H,21,25)/t17-/m1/s1. The molecule has 26 heavy (non-hydrogen) atoms. The minimum absolute atomic E-state index is 0.106. The van der Waals surface area contributed by atoms with Gasteiger partial charge in [0.2, 0.25) is 0 Å². The molecule has 7 heteroatoms. The number of nitrogens with one attached hydrogen (secondary N) is 1. The molecule has 0 unspecified atom stereocenters. The lowest BCUT2D eigenvalue weighted by Crippen LogP contribution is -2.53. The Bertz CT molecular complexity index is 651. The third-order valence-corrected chi connectivity index (χ3v) is 4.71. The lowest BCUT2D eigenvalue weighted by molar-refractivity contribution is -0.0281. The average molecular weight is 363 g/mol. The van der Waals surface area contributed by atoms with Crippen LogP contribution in [-0.2, 0) is 4.74 Å². The molecule has 2 fully saturated rings. The molecule has 1 saturated heterocycles. The molecule has 0 aromatic heterocycles. The van der Waals surface area contributed by atoms with Crippen molar-refractivity contribution in [3.63, 3.8) is 0 Å². The molecule has 6 nitrogen and oxygen atoms in total. The van der Waals surface area contributed by atoms with Gasteiger partial charge in [-0.1, -0.05) is 6.07 Å². The predicted octanol–water partition coefficient (Wildman–Crippen LogP) is 2.11. The number of nitrogens with zero attached hydrogens (tertiary/aromatic N) is 2. The van der Waals surface area contributed by atoms with E-state index in [-0.39, 0.29) is 18.0 Å². The van der Waals surface area contributed by atoms with E-state index in [1.54, 1.807) is 21.9 Å². The third kappa shape index (κ3) is 4.94. The van der Waals surface area contributed by atoms with Gasteiger partial charge in [-0.25, -0.2) is 9.18 Å². The van der Waals surface area contributed by atoms with E-state index in [9.17, 15) is 14.0 Å². The van der Waals surface area contributed by atoms with Crippen LogP contribution in [0.2, 0.25) is 0 Å². The van der Waals surface area contributed by atoms with E-state index in [2.05, 4.69) is 5.32 Å². The zero-order chi connectivity index (χ0) is 18.5. The molecule has 1 heterocycles. The molecule has 1 atom stereocenters. The first-order valence-corrected chi connectivity index (χ1v) is 9.26. The molecule has 1 aliphatic heterocycles. The fraction of sp³-hybridized carbons (Fsp3) is 0.579. The van der Waals surface area contributed by atoms with E-state index in [0.29, 0.717) is 50.8 Å². The molecule has 1 saturated carbocycles. The van der Waals surface area contributed by atoms with Crippen LogP contribution in [0.4, 0.5) is 9.18 Å². The van der Waals surface area contributed by atoms with Gasteiger partial charge < -0.3 is 19.9 Å². The van der Waals surface area contributed by atoms with Gasteiger partial charge in [0, 0.05) is 31.7 Å². The third-order valence-electron chi connectivity index (χ3n) is 4.71. The van der Waals surface area contributed by atoms with Crippen LogP contribution in [0.15, 0.2) is 24.3 Å². The summed E-state index contributed by atoms with van der Waals surface area (Å²) >= 11 is 0. The maximum atomic E-state index is 13.5. The first-order valence-electron chi connectivity index (χ1n) is 9.26. The molecule has 3 rings (SSSR count). The van der Waals surface area contributed by atoms with Crippen LogP contribution in [0.1, 0.15) is 30.1 Å². The first kappa shape index (κ1) is 18.6. The lowest BCUT2D eigenvalue weighted by atomic mass is 10.1. The summed E-state index contributed by atoms with van der Waals surface area (Å²) in [7, 11) is 0. The Labute approximate surface area is 153 Å². The first-order chi connectivity index (χ1) is 12.6. The van der Waals surface area contributed by atoms with Gasteiger partial charge in [-0.3, -0.25) is 4.79 Å². The average Bonchev–Trinajstić information content (AvgIpc) is 3.45. The number of benzene rings is 1. The fourth-order valence-corrected chi connectivity index (χ4v) is 3.18. The molecule has 1 aromatic rings. The molecule has 0 bridgehead atoms. The van der Waals surface area contributed by atoms with Crippen LogP contribution in [0.3, 0.4) is 0 Å². The highest BCUT2D eigenvalue weighted by molar-refractivity contribution is 5.94. The molecule has 0 radical (unpaired) electrons. The number of carbonyl (C=O) groups is 2. The van der Waals surface area contributed by atoms with Gasteiger partial charge in [-0.05, 0) is 43.9 Å². The maximum Gasteiger partial charge on any atom is 0.317 e. The highest BCUT2D eigenvalue weighted by Gasteiger charge is 2.31. The zero-order valence-corrected chi connectivity index (χ0v) is 15.1. The van der Waals surface area contributed by atoms with Gasteiger partial charge in [0.15, 0.2) is 0 Å². The van der Waals surface area contributed by atoms with Crippen molar-refractivity contribution in [1.29, 1.82) is 0 Å². The van der Waals surface area contributed by atoms with Crippen LogP contribution in [-0.4, -0.2) is 67.2 Å². The molecule has 3 amide bonds. The van der Waals surface area contributed by atoms with Gasteiger partial charge in [0.05, 0.1) is 19.3 Å². The summed E-state index contributed by atoms with van der Waals surface area (Å²) in [5.74, 6) is -0.0933. The lowest BCUT2D eigenvalue weighted by Gasteiger charge is -2.35. The van der Waals surface area contributed by atoms with E-state index in [1.165, 1.54) is 12.1 Å². The molecule has 0 spiro atoms. The number of urea groups is 1. The number of halogens is 1. The molecule has 1 aromatic carbocycles. The predicted molar refractivity (Wildman–Crippen MR) is 95.4 cm³/mol. The van der Waals surface area contributed by atoms with E-state index in [1.807, 2.05) is 6.92 Å². The number of ether oxygens (including phenoxy) is 1. The number of rotatable bonds is 6. The number of hydrogen-bond acceptors (Lipinski definition) is 3. The largest absolute Gasteiger partial charge is 0.373 e. The summed E-state index contributed by atoms with van der Waals surface area (Å²) in [6, 6.07) is 5.67. The minimum atomic E-state index is -0.418. The number of morpholine rings is 1. The topological polar surface area (TPSA) is 61.9 Å². The second-order valence-electron chi connectivity index (χ2n) is 6.94. The van der Waals surface area contributed by atoms with Crippen molar-refractivity contribution in [2.75, 3.05) is 39.3 Å². The summed E-state index contributed by atoms with van der Waals surface area (Å²) in [6.07, 6.45) is 2.00. The van der Waals surface area contributed by atoms with E-state index < -0.39 is 5.82 Å². The Morgan fingerprint density at radius 1 is 1.35 bits per heavy atom. The SMILES string of the molecule is CCNC(=O)N1CCO[C@@H](CN(CC2CC2)C(=O)c2cccc(F)c2)C1. The van der Waals surface area contributed by atoms with Gasteiger partial charge in [-0.15, -0.1) is 0 Å². The monoisotopic (exact) mass is 363 g/mol. The highest BCUT2D eigenvalue weighted by Crippen LogP contribution is 2.30. The molecule has 1 N–H and O–H groups in total. The van der Waals surface area contributed by atoms with Crippen LogP contribution >= 0.6 is 0 Å². The molecular formula is C19H26FN3O3. The van der Waals surface area contributed by atoms with Crippen molar-refractivity contribution >= 4 is 11.9 Å². The number of carbonyl (C=O) groups excluding carboxylic acids is 2. The van der Waals surface area contributed by atoms with E-state index in [4.69, 9.17) is 4.74 Å². The summed E-state index contributed by atoms with van der Waals surface area (Å²) in [6.45, 7) is 4.95. The van der Waals surface area contributed by atoms with Crippen molar-refractivity contribution < 1.29 is 18.7 Å². The van der Waals surface area contributed by atoms with Crippen LogP contribution < -0.4 is 5.32 Å². The number of amides is 3. The summed E-state index contributed by atoms with van der Waals surface area (Å²) in [5, 5.41) is 2.80. The van der Waals surface area contributed by atoms with Crippen LogP contribution in [0, 0.1) is 11.7 Å². The minimum Gasteiger partial charge on any atom is -0.373 e. The van der Waals surface area contributed by atoms with Crippen LogP contribution in [0.25, 0.3) is 0 Å². The van der Waals surface area contributed by atoms with Crippen molar-refractivity contribution in [2.45, 2.75) is 25.9 Å². The normalized spacial score (nSPS) is 19.9. The Morgan fingerprint density at radius 2 is 2.15 bits per heavy atom. The zero-order valence-electron chi connectivity index (χ0n) is 15.1. The number of hydrogen-bond donors (Lipinski definition) is 1. The quantitative estimate of drug-likeness (QED) is 0.842. The highest BCUT2D eigenvalue weighted by atomic mass is 19.1. The van der Waals surface area contributed by atoms with Crippen LogP contribution in [0.5, 0.6) is 0 Å². The molecule has 2 aliphatic rings. The van der Waals surface area contributed by atoms with Gasteiger partial charge >= 0.3 is 6.03 Å².